The Kier molecular flexibility index (Phi) is 3.74. The molecule has 1 heterocycles. The SMILES string of the molecule is CCc1nn(CC(C)C)c(Cl)c1C(=O)O. The molecule has 0 amide bonds. The van der Waals surface area contributed by atoms with Gasteiger partial charge < -0.3 is 5.11 Å². The van der Waals surface area contributed by atoms with Crippen LogP contribution in [0.3, 0.4) is 0 Å². The monoisotopic (exact) mass is 230 g/mol. The highest BCUT2D eigenvalue weighted by Gasteiger charge is 2.21. The van der Waals surface area contributed by atoms with Crippen molar-refractivity contribution in [2.75, 3.05) is 0 Å². The number of rotatable bonds is 4. The van der Waals surface area contributed by atoms with Gasteiger partial charge in [0.1, 0.15) is 10.7 Å². The van der Waals surface area contributed by atoms with E-state index in [1.807, 2.05) is 20.8 Å². The number of hydrogen-bond donors (Lipinski definition) is 1. The van der Waals surface area contributed by atoms with Gasteiger partial charge in [-0.15, -0.1) is 0 Å². The van der Waals surface area contributed by atoms with Gasteiger partial charge >= 0.3 is 5.97 Å². The predicted molar refractivity (Wildman–Crippen MR) is 58.4 cm³/mol. The molecule has 0 bridgehead atoms. The highest BCUT2D eigenvalue weighted by atomic mass is 35.5. The van der Waals surface area contributed by atoms with E-state index in [1.54, 1.807) is 4.68 Å². The third-order valence-electron chi connectivity index (χ3n) is 2.05. The van der Waals surface area contributed by atoms with E-state index < -0.39 is 5.97 Å². The van der Waals surface area contributed by atoms with E-state index in [4.69, 9.17) is 16.7 Å². The van der Waals surface area contributed by atoms with Gasteiger partial charge in [0.25, 0.3) is 0 Å². The number of aromatic carboxylic acids is 1. The quantitative estimate of drug-likeness (QED) is 0.865. The summed E-state index contributed by atoms with van der Waals surface area (Å²) in [4.78, 5) is 11.0. The first-order chi connectivity index (χ1) is 6.97. The van der Waals surface area contributed by atoms with Crippen molar-refractivity contribution in [1.29, 1.82) is 0 Å². The maximum atomic E-state index is 11.0. The van der Waals surface area contributed by atoms with Crippen molar-refractivity contribution in [1.82, 2.24) is 9.78 Å². The van der Waals surface area contributed by atoms with Gasteiger partial charge in [-0.1, -0.05) is 32.4 Å². The van der Waals surface area contributed by atoms with Crippen LogP contribution < -0.4 is 0 Å². The normalized spacial score (nSPS) is 11.0. The molecule has 0 aliphatic heterocycles. The van der Waals surface area contributed by atoms with Gasteiger partial charge in [-0.25, -0.2) is 4.79 Å². The maximum Gasteiger partial charge on any atom is 0.340 e. The molecule has 0 radical (unpaired) electrons. The molecule has 84 valence electrons. The first-order valence-electron chi connectivity index (χ1n) is 4.95. The van der Waals surface area contributed by atoms with Crippen molar-refractivity contribution in [3.05, 3.63) is 16.4 Å². The molecule has 0 aliphatic rings. The van der Waals surface area contributed by atoms with Crippen molar-refractivity contribution in [2.45, 2.75) is 33.7 Å². The zero-order valence-corrected chi connectivity index (χ0v) is 9.88. The summed E-state index contributed by atoms with van der Waals surface area (Å²) in [7, 11) is 0. The van der Waals surface area contributed by atoms with Gasteiger partial charge in [-0.05, 0) is 12.3 Å². The van der Waals surface area contributed by atoms with Crippen LogP contribution in [0.2, 0.25) is 5.15 Å². The fourth-order valence-electron chi connectivity index (χ4n) is 1.41. The van der Waals surface area contributed by atoms with Crippen LogP contribution >= 0.6 is 11.6 Å². The lowest BCUT2D eigenvalue weighted by atomic mass is 10.2. The third kappa shape index (κ3) is 2.50. The zero-order chi connectivity index (χ0) is 11.6. The molecule has 0 spiro atoms. The largest absolute Gasteiger partial charge is 0.478 e. The Bertz CT molecular complexity index is 372. The molecular formula is C10H15ClN2O2. The highest BCUT2D eigenvalue weighted by Crippen LogP contribution is 2.21. The van der Waals surface area contributed by atoms with Gasteiger partial charge in [-0.3, -0.25) is 4.68 Å². The Labute approximate surface area is 93.9 Å². The van der Waals surface area contributed by atoms with E-state index in [9.17, 15) is 4.79 Å². The summed E-state index contributed by atoms with van der Waals surface area (Å²) < 4.78 is 1.56. The Morgan fingerprint density at radius 1 is 1.60 bits per heavy atom. The molecule has 1 N–H and O–H groups in total. The number of halogens is 1. The van der Waals surface area contributed by atoms with E-state index in [0.29, 0.717) is 24.6 Å². The maximum absolute atomic E-state index is 11.0. The minimum absolute atomic E-state index is 0.139. The van der Waals surface area contributed by atoms with Crippen molar-refractivity contribution in [3.63, 3.8) is 0 Å². The Morgan fingerprint density at radius 2 is 2.20 bits per heavy atom. The van der Waals surface area contributed by atoms with Crippen molar-refractivity contribution >= 4 is 17.6 Å². The molecule has 1 aromatic heterocycles. The lowest BCUT2D eigenvalue weighted by Crippen LogP contribution is -2.06. The molecular weight excluding hydrogens is 216 g/mol. The van der Waals surface area contributed by atoms with Crippen LogP contribution in [0.5, 0.6) is 0 Å². The van der Waals surface area contributed by atoms with Crippen LogP contribution in [0.25, 0.3) is 0 Å². The number of carbonyl (C=O) groups is 1. The molecule has 1 rings (SSSR count). The predicted octanol–water partition coefficient (Wildman–Crippen LogP) is 2.45. The van der Waals surface area contributed by atoms with E-state index >= 15 is 0 Å². The standard InChI is InChI=1S/C10H15ClN2O2/c1-4-7-8(10(14)15)9(11)13(12-7)5-6(2)3/h6H,4-5H2,1-3H3,(H,14,15). The summed E-state index contributed by atoms with van der Waals surface area (Å²) in [5, 5.41) is 13.4. The second kappa shape index (κ2) is 4.66. The molecule has 0 fully saturated rings. The minimum Gasteiger partial charge on any atom is -0.478 e. The molecule has 4 nitrogen and oxygen atoms in total. The fourth-order valence-corrected chi connectivity index (χ4v) is 1.71. The van der Waals surface area contributed by atoms with Crippen LogP contribution in [-0.2, 0) is 13.0 Å². The molecule has 0 aliphatic carbocycles. The molecule has 1 aromatic rings. The Morgan fingerprint density at radius 3 is 2.53 bits per heavy atom. The summed E-state index contributed by atoms with van der Waals surface area (Å²) in [6.07, 6.45) is 0.576. The van der Waals surface area contributed by atoms with Crippen molar-refractivity contribution < 1.29 is 9.90 Å². The van der Waals surface area contributed by atoms with E-state index in [2.05, 4.69) is 5.10 Å². The fraction of sp³-hybridized carbons (Fsp3) is 0.600. The number of nitrogens with zero attached hydrogens (tertiary/aromatic N) is 2. The van der Waals surface area contributed by atoms with Crippen molar-refractivity contribution in [3.8, 4) is 0 Å². The van der Waals surface area contributed by atoms with Crippen LogP contribution in [-0.4, -0.2) is 20.9 Å². The average Bonchev–Trinajstić information content (AvgIpc) is 2.42. The summed E-state index contributed by atoms with van der Waals surface area (Å²) in [5.74, 6) is -0.624. The first-order valence-corrected chi connectivity index (χ1v) is 5.33. The average molecular weight is 231 g/mol. The minimum atomic E-state index is -1.01. The van der Waals surface area contributed by atoms with Crippen LogP contribution in [0, 0.1) is 5.92 Å². The third-order valence-corrected chi connectivity index (χ3v) is 2.43. The summed E-state index contributed by atoms with van der Waals surface area (Å²) in [6.45, 7) is 6.57. The second-order valence-electron chi connectivity index (χ2n) is 3.85. The smallest absolute Gasteiger partial charge is 0.340 e. The summed E-state index contributed by atoms with van der Waals surface area (Å²) >= 11 is 5.97. The Hall–Kier alpha value is -1.03. The number of aromatic nitrogens is 2. The molecule has 0 saturated carbocycles. The van der Waals surface area contributed by atoms with Crippen LogP contribution in [0.4, 0.5) is 0 Å². The van der Waals surface area contributed by atoms with Gasteiger partial charge in [0, 0.05) is 6.54 Å². The van der Waals surface area contributed by atoms with Gasteiger partial charge in [-0.2, -0.15) is 5.10 Å². The topological polar surface area (TPSA) is 55.1 Å². The van der Waals surface area contributed by atoms with E-state index in [-0.39, 0.29) is 10.7 Å². The summed E-state index contributed by atoms with van der Waals surface area (Å²) in [6, 6.07) is 0. The highest BCUT2D eigenvalue weighted by molar-refractivity contribution is 6.32. The van der Waals surface area contributed by atoms with Gasteiger partial charge in [0.05, 0.1) is 5.69 Å². The summed E-state index contributed by atoms with van der Waals surface area (Å²) in [5.41, 5.74) is 0.688. The number of hydrogen-bond acceptors (Lipinski definition) is 2. The lowest BCUT2D eigenvalue weighted by molar-refractivity contribution is 0.0696. The van der Waals surface area contributed by atoms with Gasteiger partial charge in [0.2, 0.25) is 0 Å². The molecule has 0 aromatic carbocycles. The molecule has 5 heteroatoms. The first kappa shape index (κ1) is 12.0. The number of carboxylic acids is 1. The number of carboxylic acid groups (broad SMARTS) is 1. The molecule has 0 unspecified atom stereocenters. The lowest BCUT2D eigenvalue weighted by Gasteiger charge is -2.05. The van der Waals surface area contributed by atoms with Gasteiger partial charge in [0.15, 0.2) is 0 Å². The van der Waals surface area contributed by atoms with Crippen LogP contribution in [0.15, 0.2) is 0 Å². The zero-order valence-electron chi connectivity index (χ0n) is 9.12. The van der Waals surface area contributed by atoms with E-state index in [1.165, 1.54) is 0 Å². The molecule has 0 atom stereocenters. The number of aryl methyl sites for hydroxylation is 1. The Balaban J connectivity index is 3.16. The van der Waals surface area contributed by atoms with E-state index in [0.717, 1.165) is 0 Å². The molecule has 0 saturated heterocycles. The molecule has 15 heavy (non-hydrogen) atoms. The van der Waals surface area contributed by atoms with Crippen molar-refractivity contribution in [2.24, 2.45) is 5.92 Å². The van der Waals surface area contributed by atoms with Crippen LogP contribution in [0.1, 0.15) is 36.8 Å². The second-order valence-corrected chi connectivity index (χ2v) is 4.21.